The van der Waals surface area contributed by atoms with E-state index in [1.165, 1.54) is 0 Å². The van der Waals surface area contributed by atoms with Crippen molar-refractivity contribution in [2.45, 2.75) is 37.4 Å². The number of phenolic OH excluding ortho intramolecular Hbond substituents is 1. The van der Waals surface area contributed by atoms with Gasteiger partial charge in [0.25, 0.3) is 0 Å². The Morgan fingerprint density at radius 3 is 2.70 bits per heavy atom. The van der Waals surface area contributed by atoms with Crippen LogP contribution < -0.4 is 15.0 Å². The number of aromatic hydroxyl groups is 1. The molecule has 0 saturated carbocycles. The van der Waals surface area contributed by atoms with E-state index in [0.29, 0.717) is 36.0 Å². The first-order chi connectivity index (χ1) is 16.1. The SMILES string of the molecule is Cn1cc(-c2ccc(-c3cc4c(nn3)N(C3CC5COC[C@@H](C3)N5)CCCO4)c(O)c2)cn1. The van der Waals surface area contributed by atoms with E-state index in [1.807, 2.05) is 31.4 Å². The number of nitrogens with one attached hydrogen (secondary N) is 1. The smallest absolute Gasteiger partial charge is 0.194 e. The summed E-state index contributed by atoms with van der Waals surface area (Å²) in [5.41, 5.74) is 3.07. The second-order valence-corrected chi connectivity index (χ2v) is 9.17. The van der Waals surface area contributed by atoms with Crippen LogP contribution in [0.5, 0.6) is 11.5 Å². The number of morpholine rings is 1. The van der Waals surface area contributed by atoms with Crippen LogP contribution >= 0.6 is 0 Å². The lowest BCUT2D eigenvalue weighted by Crippen LogP contribution is -2.59. The molecule has 0 radical (unpaired) electrons. The lowest BCUT2D eigenvalue weighted by molar-refractivity contribution is 0.0178. The highest BCUT2D eigenvalue weighted by atomic mass is 16.5. The van der Waals surface area contributed by atoms with Crippen molar-refractivity contribution in [2.75, 3.05) is 31.3 Å². The zero-order valence-corrected chi connectivity index (χ0v) is 18.6. The number of ether oxygens (including phenoxy) is 2. The molecule has 0 spiro atoms. The Morgan fingerprint density at radius 2 is 1.94 bits per heavy atom. The minimum absolute atomic E-state index is 0.155. The Hall–Kier alpha value is -3.17. The maximum Gasteiger partial charge on any atom is 0.194 e. The number of phenols is 1. The van der Waals surface area contributed by atoms with Crippen LogP contribution in [-0.4, -0.2) is 69.6 Å². The van der Waals surface area contributed by atoms with Crippen LogP contribution in [0.1, 0.15) is 19.3 Å². The highest BCUT2D eigenvalue weighted by Crippen LogP contribution is 2.38. The van der Waals surface area contributed by atoms with Gasteiger partial charge in [0.05, 0.1) is 26.0 Å². The molecule has 2 fully saturated rings. The van der Waals surface area contributed by atoms with E-state index in [4.69, 9.17) is 9.47 Å². The third-order valence-electron chi connectivity index (χ3n) is 6.79. The Kier molecular flexibility index (Phi) is 5.15. The third kappa shape index (κ3) is 3.91. The van der Waals surface area contributed by atoms with Crippen molar-refractivity contribution in [3.05, 3.63) is 36.7 Å². The van der Waals surface area contributed by atoms with Crippen LogP contribution in [0.25, 0.3) is 22.4 Å². The number of aromatic nitrogens is 4. The molecular formula is C24H28N6O3. The summed E-state index contributed by atoms with van der Waals surface area (Å²) < 4.78 is 13.5. The van der Waals surface area contributed by atoms with Gasteiger partial charge in [-0.05, 0) is 37.0 Å². The number of benzene rings is 1. The fourth-order valence-electron chi connectivity index (χ4n) is 5.24. The monoisotopic (exact) mass is 448 g/mol. The molecule has 2 aromatic heterocycles. The number of hydrogen-bond donors (Lipinski definition) is 2. The fraction of sp³-hybridized carbons (Fsp3) is 0.458. The number of piperidine rings is 1. The van der Waals surface area contributed by atoms with Gasteiger partial charge < -0.3 is 24.8 Å². The van der Waals surface area contributed by atoms with Crippen LogP contribution in [0.3, 0.4) is 0 Å². The average Bonchev–Trinajstić information content (AvgIpc) is 3.14. The Morgan fingerprint density at radius 1 is 1.09 bits per heavy atom. The molecule has 3 atom stereocenters. The molecule has 172 valence electrons. The number of hydrogen-bond acceptors (Lipinski definition) is 8. The van der Waals surface area contributed by atoms with Crippen molar-refractivity contribution in [3.8, 4) is 33.9 Å². The van der Waals surface area contributed by atoms with E-state index >= 15 is 0 Å². The van der Waals surface area contributed by atoms with E-state index in [1.54, 1.807) is 16.9 Å². The number of fused-ring (bicyclic) bond motifs is 3. The molecule has 3 aromatic rings. The Labute approximate surface area is 192 Å². The molecule has 0 amide bonds. The number of aryl methyl sites for hydroxylation is 1. The van der Waals surface area contributed by atoms with Gasteiger partial charge in [-0.2, -0.15) is 5.10 Å². The quantitative estimate of drug-likeness (QED) is 0.630. The maximum atomic E-state index is 10.8. The van der Waals surface area contributed by atoms with Gasteiger partial charge in [-0.3, -0.25) is 4.68 Å². The number of rotatable bonds is 3. The minimum atomic E-state index is 0.155. The van der Waals surface area contributed by atoms with Crippen LogP contribution in [0.15, 0.2) is 36.7 Å². The Balaban J connectivity index is 1.30. The van der Waals surface area contributed by atoms with Gasteiger partial charge in [-0.1, -0.05) is 6.07 Å². The molecule has 9 nitrogen and oxygen atoms in total. The second kappa shape index (κ2) is 8.31. The van der Waals surface area contributed by atoms with E-state index < -0.39 is 0 Å². The van der Waals surface area contributed by atoms with Crippen molar-refractivity contribution in [2.24, 2.45) is 7.05 Å². The molecule has 2 unspecified atom stereocenters. The largest absolute Gasteiger partial charge is 0.507 e. The van der Waals surface area contributed by atoms with Crippen molar-refractivity contribution in [1.82, 2.24) is 25.3 Å². The molecule has 1 aromatic carbocycles. The van der Waals surface area contributed by atoms with Crippen LogP contribution in [0.4, 0.5) is 5.82 Å². The van der Waals surface area contributed by atoms with Gasteiger partial charge in [0.15, 0.2) is 11.6 Å². The summed E-state index contributed by atoms with van der Waals surface area (Å²) in [5, 5.41) is 27.7. The number of nitrogens with zero attached hydrogens (tertiary/aromatic N) is 5. The standard InChI is InChI=1S/C24H28N6O3/c1-29-12-16(11-25-29)15-3-4-20(22(31)7-15)21-10-23-24(28-27-21)30(5-2-6-33-23)19-8-17-13-32-14-18(9-19)26-17/h3-4,7,10-12,17-19,26,31H,2,5-6,8-9,13-14H2,1H3/t17-,18?,19?/m1/s1. The first kappa shape index (κ1) is 20.4. The van der Waals surface area contributed by atoms with E-state index in [-0.39, 0.29) is 5.75 Å². The van der Waals surface area contributed by atoms with Crippen molar-refractivity contribution < 1.29 is 14.6 Å². The predicted molar refractivity (Wildman–Crippen MR) is 123 cm³/mol. The summed E-state index contributed by atoms with van der Waals surface area (Å²) >= 11 is 0. The molecule has 2 N–H and O–H groups in total. The van der Waals surface area contributed by atoms with Gasteiger partial charge in [-0.15, -0.1) is 10.2 Å². The first-order valence-electron chi connectivity index (χ1n) is 11.6. The van der Waals surface area contributed by atoms with Crippen molar-refractivity contribution in [1.29, 1.82) is 0 Å². The number of anilines is 1. The van der Waals surface area contributed by atoms with Gasteiger partial charge >= 0.3 is 0 Å². The van der Waals surface area contributed by atoms with Gasteiger partial charge in [-0.25, -0.2) is 0 Å². The molecule has 2 saturated heterocycles. The van der Waals surface area contributed by atoms with Crippen molar-refractivity contribution >= 4 is 5.82 Å². The van der Waals surface area contributed by atoms with Gasteiger partial charge in [0.1, 0.15) is 11.4 Å². The molecular weight excluding hydrogens is 420 g/mol. The topological polar surface area (TPSA) is 97.6 Å². The van der Waals surface area contributed by atoms with E-state index in [0.717, 1.165) is 61.7 Å². The van der Waals surface area contributed by atoms with Crippen LogP contribution in [-0.2, 0) is 11.8 Å². The normalized spacial score (nSPS) is 24.6. The van der Waals surface area contributed by atoms with Gasteiger partial charge in [0.2, 0.25) is 0 Å². The molecule has 3 aliphatic rings. The fourth-order valence-corrected chi connectivity index (χ4v) is 5.24. The third-order valence-corrected chi connectivity index (χ3v) is 6.79. The van der Waals surface area contributed by atoms with E-state index in [2.05, 4.69) is 25.5 Å². The summed E-state index contributed by atoms with van der Waals surface area (Å²) in [6.45, 7) is 3.07. The molecule has 3 aliphatic heterocycles. The summed E-state index contributed by atoms with van der Waals surface area (Å²) in [5.74, 6) is 1.68. The zero-order chi connectivity index (χ0) is 22.4. The van der Waals surface area contributed by atoms with Crippen LogP contribution in [0, 0.1) is 0 Å². The Bertz CT molecular complexity index is 1150. The highest BCUT2D eigenvalue weighted by molar-refractivity contribution is 5.75. The molecule has 5 heterocycles. The second-order valence-electron chi connectivity index (χ2n) is 9.17. The zero-order valence-electron chi connectivity index (χ0n) is 18.6. The molecule has 0 aliphatic carbocycles. The molecule has 33 heavy (non-hydrogen) atoms. The predicted octanol–water partition coefficient (Wildman–Crippen LogP) is 2.36. The maximum absolute atomic E-state index is 10.8. The summed E-state index contributed by atoms with van der Waals surface area (Å²) in [4.78, 5) is 2.37. The summed E-state index contributed by atoms with van der Waals surface area (Å²) in [6.07, 6.45) is 6.68. The minimum Gasteiger partial charge on any atom is -0.507 e. The van der Waals surface area contributed by atoms with Gasteiger partial charge in [0, 0.05) is 55.1 Å². The summed E-state index contributed by atoms with van der Waals surface area (Å²) in [7, 11) is 1.87. The molecule has 9 heteroatoms. The lowest BCUT2D eigenvalue weighted by Gasteiger charge is -2.44. The van der Waals surface area contributed by atoms with E-state index in [9.17, 15) is 5.11 Å². The average molecular weight is 449 g/mol. The van der Waals surface area contributed by atoms with Crippen LogP contribution in [0.2, 0.25) is 0 Å². The lowest BCUT2D eigenvalue weighted by atomic mass is 9.91. The summed E-state index contributed by atoms with van der Waals surface area (Å²) in [6, 6.07) is 8.64. The highest BCUT2D eigenvalue weighted by Gasteiger charge is 2.36. The molecule has 2 bridgehead atoms. The molecule has 6 rings (SSSR count). The first-order valence-corrected chi connectivity index (χ1v) is 11.6. The van der Waals surface area contributed by atoms with Crippen molar-refractivity contribution in [3.63, 3.8) is 0 Å².